The third-order valence-corrected chi connectivity index (χ3v) is 3.09. The van der Waals surface area contributed by atoms with Crippen molar-refractivity contribution in [2.45, 2.75) is 19.6 Å². The summed E-state index contributed by atoms with van der Waals surface area (Å²) in [5.74, 6) is -0.631. The van der Waals surface area contributed by atoms with Gasteiger partial charge in [0.2, 0.25) is 5.91 Å². The Hall–Kier alpha value is -2.84. The first-order chi connectivity index (χ1) is 11.2. The monoisotopic (exact) mass is 341 g/mol. The number of ether oxygens (including phenoxy) is 1. The molecular formula is C15H14F3N3O3. The first kappa shape index (κ1) is 17.5. The van der Waals surface area contributed by atoms with Crippen LogP contribution in [0, 0.1) is 6.92 Å². The summed E-state index contributed by atoms with van der Waals surface area (Å²) in [4.78, 5) is 23.6. The second kappa shape index (κ2) is 6.73. The van der Waals surface area contributed by atoms with E-state index in [4.69, 9.17) is 4.74 Å². The van der Waals surface area contributed by atoms with E-state index in [2.05, 4.69) is 10.4 Å². The number of nitrogens with zero attached hydrogens (tertiary/aromatic N) is 2. The van der Waals surface area contributed by atoms with Crippen molar-refractivity contribution in [3.63, 3.8) is 0 Å². The summed E-state index contributed by atoms with van der Waals surface area (Å²) in [7, 11) is 1.27. The Balaban J connectivity index is 2.24. The van der Waals surface area contributed by atoms with Gasteiger partial charge in [0.25, 0.3) is 5.56 Å². The molecule has 2 rings (SSSR count). The molecule has 1 N–H and O–H groups in total. The molecule has 0 saturated carbocycles. The summed E-state index contributed by atoms with van der Waals surface area (Å²) in [5, 5.41) is 6.19. The van der Waals surface area contributed by atoms with Crippen LogP contribution in [0.25, 0.3) is 0 Å². The standard InChI is InChI=1S/C15H14F3N3O3/c1-9-3-6-14(23)21(20-9)8-13(22)19-11-7-10(15(16,17)18)4-5-12(11)24-2/h3-7H,8H2,1-2H3,(H,19,22). The summed E-state index contributed by atoms with van der Waals surface area (Å²) in [5.41, 5.74) is -1.03. The summed E-state index contributed by atoms with van der Waals surface area (Å²) in [6, 6.07) is 5.47. The molecule has 0 bridgehead atoms. The van der Waals surface area contributed by atoms with Crippen LogP contribution < -0.4 is 15.6 Å². The number of benzene rings is 1. The van der Waals surface area contributed by atoms with E-state index in [9.17, 15) is 22.8 Å². The topological polar surface area (TPSA) is 73.2 Å². The molecule has 0 saturated heterocycles. The zero-order chi connectivity index (χ0) is 17.9. The Bertz CT molecular complexity index is 816. The molecule has 0 fully saturated rings. The van der Waals surface area contributed by atoms with Crippen LogP contribution in [0.2, 0.25) is 0 Å². The lowest BCUT2D eigenvalue weighted by Crippen LogP contribution is -2.29. The average molecular weight is 341 g/mol. The largest absolute Gasteiger partial charge is 0.495 e. The zero-order valence-corrected chi connectivity index (χ0v) is 12.8. The Morgan fingerprint density at radius 1 is 1.29 bits per heavy atom. The van der Waals surface area contributed by atoms with E-state index < -0.39 is 29.8 Å². The molecule has 0 atom stereocenters. The van der Waals surface area contributed by atoms with Crippen LogP contribution >= 0.6 is 0 Å². The maximum absolute atomic E-state index is 12.8. The molecule has 9 heteroatoms. The predicted molar refractivity (Wildman–Crippen MR) is 79.9 cm³/mol. The predicted octanol–water partition coefficient (Wildman–Crippen LogP) is 2.22. The van der Waals surface area contributed by atoms with Crippen molar-refractivity contribution in [3.05, 3.63) is 51.9 Å². The van der Waals surface area contributed by atoms with Crippen LogP contribution in [0.3, 0.4) is 0 Å². The molecule has 128 valence electrons. The molecule has 0 aliphatic heterocycles. The maximum atomic E-state index is 12.8. The van der Waals surface area contributed by atoms with Crippen LogP contribution in [0.15, 0.2) is 35.1 Å². The third kappa shape index (κ3) is 4.12. The molecule has 1 aromatic carbocycles. The minimum absolute atomic E-state index is 0.0703. The molecule has 2 aromatic rings. The molecule has 0 spiro atoms. The Morgan fingerprint density at radius 3 is 2.62 bits per heavy atom. The number of methoxy groups -OCH3 is 1. The number of hydrogen-bond acceptors (Lipinski definition) is 4. The molecule has 24 heavy (non-hydrogen) atoms. The van der Waals surface area contributed by atoms with Gasteiger partial charge in [-0.15, -0.1) is 0 Å². The lowest BCUT2D eigenvalue weighted by Gasteiger charge is -2.14. The van der Waals surface area contributed by atoms with Crippen LogP contribution in [0.5, 0.6) is 5.75 Å². The second-order valence-electron chi connectivity index (χ2n) is 4.93. The first-order valence-electron chi connectivity index (χ1n) is 6.80. The van der Waals surface area contributed by atoms with Gasteiger partial charge in [-0.25, -0.2) is 4.68 Å². The number of rotatable bonds is 4. The van der Waals surface area contributed by atoms with E-state index in [0.29, 0.717) is 5.69 Å². The van der Waals surface area contributed by atoms with E-state index in [0.717, 1.165) is 22.9 Å². The molecule has 6 nitrogen and oxygen atoms in total. The van der Waals surface area contributed by atoms with Crippen LogP contribution in [0.1, 0.15) is 11.3 Å². The average Bonchev–Trinajstić information content (AvgIpc) is 2.50. The first-order valence-corrected chi connectivity index (χ1v) is 6.80. The van der Waals surface area contributed by atoms with Crippen molar-refractivity contribution in [2.75, 3.05) is 12.4 Å². The molecule has 1 amide bonds. The minimum atomic E-state index is -4.55. The van der Waals surface area contributed by atoms with Gasteiger partial charge in [0.15, 0.2) is 0 Å². The van der Waals surface area contributed by atoms with Gasteiger partial charge in [-0.05, 0) is 31.2 Å². The molecule has 0 aliphatic rings. The number of amides is 1. The fraction of sp³-hybridized carbons (Fsp3) is 0.267. The van der Waals surface area contributed by atoms with Crippen LogP contribution in [-0.4, -0.2) is 22.8 Å². The van der Waals surface area contributed by atoms with Crippen LogP contribution in [0.4, 0.5) is 18.9 Å². The van der Waals surface area contributed by atoms with Crippen molar-refractivity contribution in [1.29, 1.82) is 0 Å². The molecule has 0 unspecified atom stereocenters. The lowest BCUT2D eigenvalue weighted by atomic mass is 10.1. The molecule has 1 aromatic heterocycles. The molecule has 0 radical (unpaired) electrons. The van der Waals surface area contributed by atoms with E-state index in [1.54, 1.807) is 6.92 Å². The number of aromatic nitrogens is 2. The van der Waals surface area contributed by atoms with Gasteiger partial charge in [0, 0.05) is 6.07 Å². The summed E-state index contributed by atoms with van der Waals surface area (Å²) in [6.07, 6.45) is -4.55. The zero-order valence-electron chi connectivity index (χ0n) is 12.8. The van der Waals surface area contributed by atoms with Crippen molar-refractivity contribution < 1.29 is 22.7 Å². The number of anilines is 1. The van der Waals surface area contributed by atoms with E-state index in [-0.39, 0.29) is 11.4 Å². The van der Waals surface area contributed by atoms with Crippen molar-refractivity contribution in [2.24, 2.45) is 0 Å². The number of alkyl halides is 3. The van der Waals surface area contributed by atoms with E-state index in [1.165, 1.54) is 19.2 Å². The van der Waals surface area contributed by atoms with Gasteiger partial charge < -0.3 is 10.1 Å². The minimum Gasteiger partial charge on any atom is -0.495 e. The lowest BCUT2D eigenvalue weighted by molar-refractivity contribution is -0.137. The summed E-state index contributed by atoms with van der Waals surface area (Å²) >= 11 is 0. The van der Waals surface area contributed by atoms with Gasteiger partial charge in [-0.2, -0.15) is 18.3 Å². The smallest absolute Gasteiger partial charge is 0.416 e. The van der Waals surface area contributed by atoms with Gasteiger partial charge in [0.05, 0.1) is 24.1 Å². The Labute approximate surface area is 134 Å². The van der Waals surface area contributed by atoms with Crippen LogP contribution in [-0.2, 0) is 17.5 Å². The third-order valence-electron chi connectivity index (χ3n) is 3.09. The van der Waals surface area contributed by atoms with Crippen molar-refractivity contribution >= 4 is 11.6 Å². The fourth-order valence-corrected chi connectivity index (χ4v) is 1.97. The fourth-order valence-electron chi connectivity index (χ4n) is 1.97. The molecule has 0 aliphatic carbocycles. The van der Waals surface area contributed by atoms with Crippen molar-refractivity contribution in [1.82, 2.24) is 9.78 Å². The highest BCUT2D eigenvalue weighted by atomic mass is 19.4. The SMILES string of the molecule is COc1ccc(C(F)(F)F)cc1NC(=O)Cn1nc(C)ccc1=O. The number of carbonyl (C=O) groups is 1. The quantitative estimate of drug-likeness (QED) is 0.925. The number of nitrogens with one attached hydrogen (secondary N) is 1. The van der Waals surface area contributed by atoms with Crippen molar-refractivity contribution in [3.8, 4) is 5.75 Å². The van der Waals surface area contributed by atoms with Gasteiger partial charge in [0.1, 0.15) is 12.3 Å². The number of carbonyl (C=O) groups excluding carboxylic acids is 1. The second-order valence-corrected chi connectivity index (χ2v) is 4.93. The van der Waals surface area contributed by atoms with E-state index >= 15 is 0 Å². The molecular weight excluding hydrogens is 327 g/mol. The Kier molecular flexibility index (Phi) is 4.91. The Morgan fingerprint density at radius 2 is 2.00 bits per heavy atom. The van der Waals surface area contributed by atoms with Gasteiger partial charge in [-0.1, -0.05) is 0 Å². The van der Waals surface area contributed by atoms with Gasteiger partial charge >= 0.3 is 6.18 Å². The molecule has 1 heterocycles. The normalized spacial score (nSPS) is 11.2. The van der Waals surface area contributed by atoms with E-state index in [1.807, 2.05) is 0 Å². The number of aryl methyl sites for hydroxylation is 1. The van der Waals surface area contributed by atoms with Gasteiger partial charge in [-0.3, -0.25) is 9.59 Å². The highest BCUT2D eigenvalue weighted by Crippen LogP contribution is 2.34. The number of halogens is 3. The highest BCUT2D eigenvalue weighted by Gasteiger charge is 2.31. The summed E-state index contributed by atoms with van der Waals surface area (Å²) in [6.45, 7) is 1.21. The number of hydrogen-bond donors (Lipinski definition) is 1. The maximum Gasteiger partial charge on any atom is 0.416 e. The highest BCUT2D eigenvalue weighted by molar-refractivity contribution is 5.92. The summed E-state index contributed by atoms with van der Waals surface area (Å²) < 4.78 is 44.2.